The molecule has 0 aliphatic carbocycles. The van der Waals surface area contributed by atoms with Gasteiger partial charge in [0.15, 0.2) is 5.78 Å². The summed E-state index contributed by atoms with van der Waals surface area (Å²) in [6, 6.07) is 8.80. The van der Waals surface area contributed by atoms with Gasteiger partial charge in [0.05, 0.1) is 11.1 Å². The Morgan fingerprint density at radius 1 is 1.35 bits per heavy atom. The number of rotatable bonds is 5. The maximum Gasteiger partial charge on any atom is 0.181 e. The first kappa shape index (κ1) is 15.5. The highest BCUT2D eigenvalue weighted by atomic mass is 35.5. The molecule has 1 atom stereocenters. The van der Waals surface area contributed by atoms with Crippen molar-refractivity contribution in [1.29, 1.82) is 0 Å². The maximum absolute atomic E-state index is 12.5. The van der Waals surface area contributed by atoms with E-state index >= 15 is 0 Å². The van der Waals surface area contributed by atoms with Crippen LogP contribution >= 0.6 is 34.5 Å². The largest absolute Gasteiger partial charge is 0.292 e. The van der Waals surface area contributed by atoms with E-state index in [0.29, 0.717) is 15.6 Å². The number of Topliss-reactive ketones (excluding diaryl/α,β-unsaturated/α-hetero) is 1. The third-order valence-corrected chi connectivity index (χ3v) is 4.63. The molecule has 0 spiro atoms. The van der Waals surface area contributed by atoms with Gasteiger partial charge in [-0.05, 0) is 43.6 Å². The van der Waals surface area contributed by atoms with Gasteiger partial charge in [0.1, 0.15) is 0 Å². The van der Waals surface area contributed by atoms with E-state index in [1.807, 2.05) is 30.3 Å². The molecule has 5 heteroatoms. The van der Waals surface area contributed by atoms with Crippen LogP contribution in [-0.2, 0) is 6.54 Å². The highest BCUT2D eigenvalue weighted by Crippen LogP contribution is 2.23. The van der Waals surface area contributed by atoms with Crippen LogP contribution in [0.2, 0.25) is 10.0 Å². The first-order valence-corrected chi connectivity index (χ1v) is 7.84. The Labute approximate surface area is 132 Å². The van der Waals surface area contributed by atoms with Crippen molar-refractivity contribution in [2.24, 2.45) is 0 Å². The topological polar surface area (TPSA) is 20.3 Å². The summed E-state index contributed by atoms with van der Waals surface area (Å²) >= 11 is 13.6. The van der Waals surface area contributed by atoms with E-state index < -0.39 is 0 Å². The summed E-state index contributed by atoms with van der Waals surface area (Å²) < 4.78 is 0. The molecule has 0 aliphatic heterocycles. The molecule has 0 saturated heterocycles. The van der Waals surface area contributed by atoms with Crippen molar-refractivity contribution in [2.45, 2.75) is 19.5 Å². The second kappa shape index (κ2) is 6.72. The fourth-order valence-electron chi connectivity index (χ4n) is 1.90. The number of benzene rings is 1. The highest BCUT2D eigenvalue weighted by Gasteiger charge is 2.22. The Morgan fingerprint density at radius 3 is 2.70 bits per heavy atom. The number of hydrogen-bond donors (Lipinski definition) is 0. The maximum atomic E-state index is 12.5. The molecule has 0 radical (unpaired) electrons. The van der Waals surface area contributed by atoms with Crippen molar-refractivity contribution < 1.29 is 4.79 Å². The smallest absolute Gasteiger partial charge is 0.181 e. The van der Waals surface area contributed by atoms with Crippen molar-refractivity contribution in [3.63, 3.8) is 0 Å². The zero-order valence-electron chi connectivity index (χ0n) is 11.3. The molecule has 2 nitrogen and oxygen atoms in total. The average Bonchev–Trinajstić information content (AvgIpc) is 2.90. The van der Waals surface area contributed by atoms with Gasteiger partial charge in [-0.25, -0.2) is 0 Å². The summed E-state index contributed by atoms with van der Waals surface area (Å²) in [5.74, 6) is 0.00530. The van der Waals surface area contributed by atoms with Gasteiger partial charge >= 0.3 is 0 Å². The van der Waals surface area contributed by atoms with Gasteiger partial charge in [-0.15, -0.1) is 11.3 Å². The number of carbonyl (C=O) groups excluding carboxylic acids is 1. The lowest BCUT2D eigenvalue weighted by atomic mass is 10.0. The molecule has 0 bridgehead atoms. The van der Waals surface area contributed by atoms with Crippen molar-refractivity contribution in [2.75, 3.05) is 7.05 Å². The van der Waals surface area contributed by atoms with Gasteiger partial charge in [0.2, 0.25) is 0 Å². The van der Waals surface area contributed by atoms with Crippen molar-refractivity contribution >= 4 is 40.3 Å². The molecule has 2 aromatic rings. The lowest BCUT2D eigenvalue weighted by Crippen LogP contribution is -2.35. The number of hydrogen-bond acceptors (Lipinski definition) is 3. The van der Waals surface area contributed by atoms with Gasteiger partial charge in [-0.1, -0.05) is 29.3 Å². The Morgan fingerprint density at radius 2 is 2.10 bits per heavy atom. The number of halogens is 2. The number of likely N-dealkylation sites (N-methyl/N-ethyl adjacent to an activating group) is 1. The average molecular weight is 328 g/mol. The van der Waals surface area contributed by atoms with Gasteiger partial charge in [0.25, 0.3) is 0 Å². The van der Waals surface area contributed by atoms with Crippen LogP contribution in [0.5, 0.6) is 0 Å². The van der Waals surface area contributed by atoms with Crippen molar-refractivity contribution in [1.82, 2.24) is 4.90 Å². The standard InChI is InChI=1S/C15H15Cl2NOS/c1-10(18(2)9-12-4-3-7-20-12)15(19)13-6-5-11(16)8-14(13)17/h3-8,10H,9H2,1-2H3. The SMILES string of the molecule is CC(C(=O)c1ccc(Cl)cc1Cl)N(C)Cc1cccs1. The number of carbonyl (C=O) groups is 1. The van der Waals surface area contributed by atoms with Gasteiger partial charge < -0.3 is 0 Å². The second-order valence-electron chi connectivity index (χ2n) is 4.66. The van der Waals surface area contributed by atoms with E-state index in [4.69, 9.17) is 23.2 Å². The highest BCUT2D eigenvalue weighted by molar-refractivity contribution is 7.09. The van der Waals surface area contributed by atoms with E-state index in [2.05, 4.69) is 6.07 Å². The molecular formula is C15H15Cl2NOS. The molecule has 0 saturated carbocycles. The molecule has 0 aliphatic rings. The van der Waals surface area contributed by atoms with Crippen LogP contribution < -0.4 is 0 Å². The molecule has 0 N–H and O–H groups in total. The van der Waals surface area contributed by atoms with Crippen molar-refractivity contribution in [3.8, 4) is 0 Å². The molecule has 1 heterocycles. The third kappa shape index (κ3) is 3.61. The monoisotopic (exact) mass is 327 g/mol. The molecule has 2 rings (SSSR count). The molecule has 1 aromatic heterocycles. The molecule has 20 heavy (non-hydrogen) atoms. The van der Waals surface area contributed by atoms with E-state index in [-0.39, 0.29) is 11.8 Å². The first-order valence-electron chi connectivity index (χ1n) is 6.21. The molecule has 0 amide bonds. The quantitative estimate of drug-likeness (QED) is 0.738. The van der Waals surface area contributed by atoms with Gasteiger partial charge in [0, 0.05) is 22.0 Å². The molecule has 0 fully saturated rings. The van der Waals surface area contributed by atoms with E-state index in [9.17, 15) is 4.79 Å². The van der Waals surface area contributed by atoms with E-state index in [0.717, 1.165) is 6.54 Å². The molecule has 106 valence electrons. The molecule has 1 aromatic carbocycles. The van der Waals surface area contributed by atoms with Crippen LogP contribution in [0.1, 0.15) is 22.2 Å². The third-order valence-electron chi connectivity index (χ3n) is 3.22. The van der Waals surface area contributed by atoms with Crippen LogP contribution in [0.4, 0.5) is 0 Å². The summed E-state index contributed by atoms with van der Waals surface area (Å²) in [6.07, 6.45) is 0. The minimum atomic E-state index is -0.240. The zero-order chi connectivity index (χ0) is 14.7. The summed E-state index contributed by atoms with van der Waals surface area (Å²) in [5, 5.41) is 2.97. The van der Waals surface area contributed by atoms with E-state index in [1.165, 1.54) is 4.88 Å². The van der Waals surface area contributed by atoms with Crippen LogP contribution in [-0.4, -0.2) is 23.8 Å². The molecule has 1 unspecified atom stereocenters. The fourth-order valence-corrected chi connectivity index (χ4v) is 3.17. The summed E-state index contributed by atoms with van der Waals surface area (Å²) in [4.78, 5) is 15.7. The summed E-state index contributed by atoms with van der Waals surface area (Å²) in [6.45, 7) is 2.64. The van der Waals surface area contributed by atoms with Crippen LogP contribution in [0.3, 0.4) is 0 Å². The Hall–Kier alpha value is -0.870. The lowest BCUT2D eigenvalue weighted by molar-refractivity contribution is 0.0863. The zero-order valence-corrected chi connectivity index (χ0v) is 13.6. The van der Waals surface area contributed by atoms with E-state index in [1.54, 1.807) is 29.5 Å². The fraction of sp³-hybridized carbons (Fsp3) is 0.267. The first-order chi connectivity index (χ1) is 9.49. The van der Waals surface area contributed by atoms with Crippen molar-refractivity contribution in [3.05, 3.63) is 56.2 Å². The second-order valence-corrected chi connectivity index (χ2v) is 6.53. The number of ketones is 1. The Kier molecular flexibility index (Phi) is 5.22. The Balaban J connectivity index is 2.11. The summed E-state index contributed by atoms with van der Waals surface area (Å²) in [7, 11) is 1.94. The normalized spacial score (nSPS) is 12.7. The minimum absolute atomic E-state index is 0.00530. The van der Waals surface area contributed by atoms with Gasteiger partial charge in [-0.2, -0.15) is 0 Å². The minimum Gasteiger partial charge on any atom is -0.292 e. The predicted octanol–water partition coefficient (Wildman–Crippen LogP) is 4.76. The predicted molar refractivity (Wildman–Crippen MR) is 86.0 cm³/mol. The number of nitrogens with zero attached hydrogens (tertiary/aromatic N) is 1. The number of thiophene rings is 1. The lowest BCUT2D eigenvalue weighted by Gasteiger charge is -2.23. The molecular weight excluding hydrogens is 313 g/mol. The van der Waals surface area contributed by atoms with Crippen LogP contribution in [0, 0.1) is 0 Å². The Bertz CT molecular complexity index is 598. The summed E-state index contributed by atoms with van der Waals surface area (Å²) in [5.41, 5.74) is 0.515. The van der Waals surface area contributed by atoms with Crippen LogP contribution in [0.25, 0.3) is 0 Å². The van der Waals surface area contributed by atoms with Gasteiger partial charge in [-0.3, -0.25) is 9.69 Å². The van der Waals surface area contributed by atoms with Crippen LogP contribution in [0.15, 0.2) is 35.7 Å².